The summed E-state index contributed by atoms with van der Waals surface area (Å²) in [6, 6.07) is 12.6. The highest BCUT2D eigenvalue weighted by Gasteiger charge is 2.54. The number of ether oxygens (including phenoxy) is 2. The summed E-state index contributed by atoms with van der Waals surface area (Å²) in [5.41, 5.74) is 0.369. The SMILES string of the molecule is COc1cc2c(Oc3ccc(CC(=O)C4(C(=O)Cc5ccc(F)cc5)CC4)cc3F)ncnc2cc1O. The number of hydrogen-bond acceptors (Lipinski definition) is 7. The van der Waals surface area contributed by atoms with Gasteiger partial charge in [-0.1, -0.05) is 18.2 Å². The third-order valence-corrected chi connectivity index (χ3v) is 6.56. The number of phenolic OH excluding ortho intramolecular Hbond substituents is 1. The van der Waals surface area contributed by atoms with Crippen LogP contribution in [0.25, 0.3) is 10.9 Å². The summed E-state index contributed by atoms with van der Waals surface area (Å²) >= 11 is 0. The molecule has 0 amide bonds. The van der Waals surface area contributed by atoms with Crippen LogP contribution in [0.2, 0.25) is 0 Å². The van der Waals surface area contributed by atoms with Crippen LogP contribution in [0.1, 0.15) is 24.0 Å². The Morgan fingerprint density at radius 3 is 2.24 bits per heavy atom. The predicted octanol–water partition coefficient (Wildman–Crippen LogP) is 5.12. The second-order valence-electron chi connectivity index (χ2n) is 9.00. The quantitative estimate of drug-likeness (QED) is 0.316. The van der Waals surface area contributed by atoms with E-state index in [1.165, 1.54) is 62.0 Å². The van der Waals surface area contributed by atoms with Gasteiger partial charge in [0.05, 0.1) is 23.4 Å². The van der Waals surface area contributed by atoms with Gasteiger partial charge in [-0.3, -0.25) is 9.59 Å². The second kappa shape index (κ2) is 9.57. The summed E-state index contributed by atoms with van der Waals surface area (Å²) in [7, 11) is 1.40. The molecule has 1 fully saturated rings. The van der Waals surface area contributed by atoms with Crippen molar-refractivity contribution in [3.8, 4) is 23.1 Å². The van der Waals surface area contributed by atoms with E-state index in [9.17, 15) is 23.5 Å². The van der Waals surface area contributed by atoms with E-state index >= 15 is 0 Å². The molecule has 4 aromatic rings. The van der Waals surface area contributed by atoms with Gasteiger partial charge < -0.3 is 14.6 Å². The lowest BCUT2D eigenvalue weighted by Crippen LogP contribution is -2.28. The molecule has 0 aliphatic heterocycles. The number of ketones is 2. The highest BCUT2D eigenvalue weighted by atomic mass is 19.1. The molecule has 9 heteroatoms. The maximum Gasteiger partial charge on any atom is 0.230 e. The van der Waals surface area contributed by atoms with Gasteiger partial charge in [-0.05, 0) is 54.3 Å². The zero-order valence-corrected chi connectivity index (χ0v) is 19.8. The number of rotatable bonds is 9. The van der Waals surface area contributed by atoms with Crippen LogP contribution < -0.4 is 9.47 Å². The molecule has 1 aliphatic carbocycles. The number of benzene rings is 3. The number of halogens is 2. The number of hydrogen-bond donors (Lipinski definition) is 1. The van der Waals surface area contributed by atoms with Crippen molar-refractivity contribution < 1.29 is 33.0 Å². The Kier molecular flexibility index (Phi) is 6.29. The van der Waals surface area contributed by atoms with Gasteiger partial charge in [-0.2, -0.15) is 0 Å². The number of nitrogens with zero attached hydrogens (tertiary/aromatic N) is 2. The summed E-state index contributed by atoms with van der Waals surface area (Å²) in [5, 5.41) is 10.4. The van der Waals surface area contributed by atoms with E-state index in [1.807, 2.05) is 0 Å². The second-order valence-corrected chi connectivity index (χ2v) is 9.00. The monoisotopic (exact) mass is 504 g/mol. The molecule has 0 radical (unpaired) electrons. The molecule has 37 heavy (non-hydrogen) atoms. The summed E-state index contributed by atoms with van der Waals surface area (Å²) in [5.74, 6) is -1.54. The van der Waals surface area contributed by atoms with Crippen LogP contribution in [0.15, 0.2) is 60.9 Å². The smallest absolute Gasteiger partial charge is 0.230 e. The van der Waals surface area contributed by atoms with Gasteiger partial charge in [-0.15, -0.1) is 0 Å². The van der Waals surface area contributed by atoms with Gasteiger partial charge in [0, 0.05) is 18.9 Å². The molecule has 1 aromatic heterocycles. The van der Waals surface area contributed by atoms with E-state index < -0.39 is 17.0 Å². The van der Waals surface area contributed by atoms with Crippen LogP contribution in [-0.2, 0) is 22.4 Å². The molecular formula is C28H22F2N2O5. The molecule has 0 unspecified atom stereocenters. The molecule has 5 rings (SSSR count). The Hall–Kier alpha value is -4.40. The third kappa shape index (κ3) is 4.84. The van der Waals surface area contributed by atoms with Crippen LogP contribution >= 0.6 is 0 Å². The third-order valence-electron chi connectivity index (χ3n) is 6.56. The average Bonchev–Trinajstić information content (AvgIpc) is 3.69. The molecule has 0 bridgehead atoms. The molecule has 0 atom stereocenters. The van der Waals surface area contributed by atoms with Crippen molar-refractivity contribution in [1.29, 1.82) is 0 Å². The topological polar surface area (TPSA) is 98.6 Å². The van der Waals surface area contributed by atoms with Gasteiger partial charge in [-0.25, -0.2) is 18.7 Å². The normalized spacial score (nSPS) is 13.8. The summed E-state index contributed by atoms with van der Waals surface area (Å²) in [6.07, 6.45) is 2.08. The Bertz CT molecular complexity index is 1520. The largest absolute Gasteiger partial charge is 0.504 e. The lowest BCUT2D eigenvalue weighted by Gasteiger charge is -2.14. The lowest BCUT2D eigenvalue weighted by atomic mass is 9.88. The number of aromatic hydroxyl groups is 1. The van der Waals surface area contributed by atoms with Gasteiger partial charge in [0.15, 0.2) is 34.6 Å². The summed E-state index contributed by atoms with van der Waals surface area (Å²) < 4.78 is 38.9. The Labute approximate surface area is 210 Å². The minimum atomic E-state index is -1.06. The van der Waals surface area contributed by atoms with Crippen LogP contribution in [0.5, 0.6) is 23.1 Å². The van der Waals surface area contributed by atoms with Crippen LogP contribution in [0.4, 0.5) is 8.78 Å². The molecule has 7 nitrogen and oxygen atoms in total. The lowest BCUT2D eigenvalue weighted by molar-refractivity contribution is -0.133. The molecule has 1 aliphatic rings. The zero-order valence-electron chi connectivity index (χ0n) is 19.8. The van der Waals surface area contributed by atoms with Crippen molar-refractivity contribution in [2.24, 2.45) is 5.41 Å². The average molecular weight is 504 g/mol. The van der Waals surface area contributed by atoms with Gasteiger partial charge in [0.25, 0.3) is 0 Å². The summed E-state index contributed by atoms with van der Waals surface area (Å²) in [6.45, 7) is 0. The number of Topliss-reactive ketones (excluding diaryl/α,β-unsaturated/α-hetero) is 2. The molecule has 188 valence electrons. The van der Waals surface area contributed by atoms with E-state index in [0.29, 0.717) is 34.9 Å². The first-order valence-electron chi connectivity index (χ1n) is 11.6. The molecular weight excluding hydrogens is 482 g/mol. The standard InChI is InChI=1S/C28H22F2N2O5/c1-36-24-13-19-21(14-22(24)33)31-15-32-27(19)37-23-7-4-17(10-20(23)30)12-26(35)28(8-9-28)25(34)11-16-2-5-18(29)6-3-16/h2-7,10,13-15,33H,8-9,11-12H2,1H3. The minimum absolute atomic E-state index is 0.0443. The van der Waals surface area contributed by atoms with Crippen molar-refractivity contribution in [1.82, 2.24) is 9.97 Å². The van der Waals surface area contributed by atoms with E-state index in [0.717, 1.165) is 0 Å². The van der Waals surface area contributed by atoms with Gasteiger partial charge in [0.2, 0.25) is 5.88 Å². The molecule has 0 spiro atoms. The number of methoxy groups -OCH3 is 1. The highest BCUT2D eigenvalue weighted by Crippen LogP contribution is 2.49. The van der Waals surface area contributed by atoms with Crippen LogP contribution in [0, 0.1) is 17.0 Å². The van der Waals surface area contributed by atoms with Crippen molar-refractivity contribution >= 4 is 22.5 Å². The van der Waals surface area contributed by atoms with Crippen molar-refractivity contribution in [3.63, 3.8) is 0 Å². The van der Waals surface area contributed by atoms with E-state index in [2.05, 4.69) is 9.97 Å². The Balaban J connectivity index is 1.30. The fourth-order valence-electron chi connectivity index (χ4n) is 4.28. The van der Waals surface area contributed by atoms with Gasteiger partial charge >= 0.3 is 0 Å². The first-order valence-corrected chi connectivity index (χ1v) is 11.6. The van der Waals surface area contributed by atoms with Crippen LogP contribution in [-0.4, -0.2) is 33.8 Å². The fraction of sp³-hybridized carbons (Fsp3) is 0.214. The van der Waals surface area contributed by atoms with Crippen LogP contribution in [0.3, 0.4) is 0 Å². The van der Waals surface area contributed by atoms with Crippen molar-refractivity contribution in [3.05, 3.63) is 83.7 Å². The molecule has 1 N–H and O–H groups in total. The summed E-state index contributed by atoms with van der Waals surface area (Å²) in [4.78, 5) is 34.0. The molecule has 3 aromatic carbocycles. The predicted molar refractivity (Wildman–Crippen MR) is 130 cm³/mol. The van der Waals surface area contributed by atoms with Crippen molar-refractivity contribution in [2.45, 2.75) is 25.7 Å². The number of fused-ring (bicyclic) bond motifs is 1. The van der Waals surface area contributed by atoms with Crippen molar-refractivity contribution in [2.75, 3.05) is 7.11 Å². The van der Waals surface area contributed by atoms with Gasteiger partial charge in [0.1, 0.15) is 12.1 Å². The Morgan fingerprint density at radius 2 is 1.59 bits per heavy atom. The highest BCUT2D eigenvalue weighted by molar-refractivity contribution is 6.10. The zero-order chi connectivity index (χ0) is 26.2. The Morgan fingerprint density at radius 1 is 0.919 bits per heavy atom. The first-order chi connectivity index (χ1) is 17.8. The van der Waals surface area contributed by atoms with E-state index in [1.54, 1.807) is 6.07 Å². The molecule has 1 saturated carbocycles. The number of aromatic nitrogens is 2. The maximum absolute atomic E-state index is 14.9. The number of carbonyl (C=O) groups excluding carboxylic acids is 2. The fourth-order valence-corrected chi connectivity index (χ4v) is 4.28. The first kappa shape index (κ1) is 24.3. The minimum Gasteiger partial charge on any atom is -0.504 e. The maximum atomic E-state index is 14.9. The van der Waals surface area contributed by atoms with E-state index in [-0.39, 0.29) is 47.5 Å². The molecule has 0 saturated heterocycles. The van der Waals surface area contributed by atoms with E-state index in [4.69, 9.17) is 9.47 Å². The number of phenols is 1. The number of carbonyl (C=O) groups is 2. The molecule has 1 heterocycles.